The zero-order valence-electron chi connectivity index (χ0n) is 19.8. The van der Waals surface area contributed by atoms with E-state index in [1.54, 1.807) is 24.3 Å². The van der Waals surface area contributed by atoms with Crippen LogP contribution in [0.15, 0.2) is 73.3 Å². The largest absolute Gasteiger partial charge is 0.399 e. The van der Waals surface area contributed by atoms with Crippen LogP contribution in [-0.2, 0) is 11.3 Å². The molecule has 2 bridgehead atoms. The number of halogens is 4. The van der Waals surface area contributed by atoms with Crippen LogP contribution in [0.3, 0.4) is 0 Å². The number of ether oxygens (including phenoxy) is 1. The number of carbonyl (C=O) groups excluding carboxylic acids is 1. The summed E-state index contributed by atoms with van der Waals surface area (Å²) in [5.41, 5.74) is 10.0. The number of amides is 1. The second kappa shape index (κ2) is 8.85. The molecule has 0 spiro atoms. The summed E-state index contributed by atoms with van der Waals surface area (Å²) in [4.78, 5) is 12.9. The number of carbonyl (C=O) groups is 1. The van der Waals surface area contributed by atoms with Crippen LogP contribution in [0.4, 0.5) is 17.6 Å². The number of fused-ring (bicyclic) bond motifs is 8. The van der Waals surface area contributed by atoms with Crippen LogP contribution in [-0.4, -0.2) is 5.91 Å². The summed E-state index contributed by atoms with van der Waals surface area (Å²) in [6.45, 7) is 3.11. The Balaban J connectivity index is 1.25. The van der Waals surface area contributed by atoms with Crippen molar-refractivity contribution in [1.29, 1.82) is 0 Å². The molecular weight excluding hydrogens is 496 g/mol. The molecule has 0 aliphatic carbocycles. The molecule has 4 nitrogen and oxygen atoms in total. The third kappa shape index (κ3) is 3.85. The lowest BCUT2D eigenvalue weighted by molar-refractivity contribution is 0.0857. The van der Waals surface area contributed by atoms with Crippen LogP contribution in [0.25, 0.3) is 16.8 Å². The summed E-state index contributed by atoms with van der Waals surface area (Å²) < 4.78 is 62.7. The van der Waals surface area contributed by atoms with Gasteiger partial charge in [0.1, 0.15) is 35.5 Å². The fraction of sp³-hybridized carbons (Fsp3) is 0.100. The summed E-state index contributed by atoms with van der Waals surface area (Å²) in [5.74, 6) is -3.50. The predicted molar refractivity (Wildman–Crippen MR) is 134 cm³/mol. The molecule has 0 unspecified atom stereocenters. The summed E-state index contributed by atoms with van der Waals surface area (Å²) in [6.07, 6.45) is -0.791. The van der Waals surface area contributed by atoms with E-state index in [9.17, 15) is 22.4 Å². The summed E-state index contributed by atoms with van der Waals surface area (Å²) >= 11 is 0. The lowest BCUT2D eigenvalue weighted by atomic mass is 9.83. The first-order valence-electron chi connectivity index (χ1n) is 11.8. The summed E-state index contributed by atoms with van der Waals surface area (Å²) in [7, 11) is 0. The Morgan fingerprint density at radius 3 is 2.13 bits per heavy atom. The SMILES string of the molecule is C=C(N)c1cc(F)c(CNC(=O)c2ccc3c(c2)[C@@H]2O[C@H]3c3ccc(-c4ccc(F)cc4F)cc32)c(F)c1. The van der Waals surface area contributed by atoms with Gasteiger partial charge in [0.25, 0.3) is 5.91 Å². The third-order valence-electron chi connectivity index (χ3n) is 7.02. The van der Waals surface area contributed by atoms with E-state index >= 15 is 0 Å². The molecule has 4 aromatic carbocycles. The fourth-order valence-corrected chi connectivity index (χ4v) is 5.11. The Morgan fingerprint density at radius 1 is 0.789 bits per heavy atom. The fourth-order valence-electron chi connectivity index (χ4n) is 5.11. The van der Waals surface area contributed by atoms with Crippen LogP contribution in [0.2, 0.25) is 0 Å². The van der Waals surface area contributed by atoms with E-state index in [0.29, 0.717) is 11.1 Å². The van der Waals surface area contributed by atoms with Gasteiger partial charge >= 0.3 is 0 Å². The lowest BCUT2D eigenvalue weighted by Crippen LogP contribution is -2.24. The number of hydrogen-bond acceptors (Lipinski definition) is 3. The van der Waals surface area contributed by atoms with Crippen molar-refractivity contribution in [3.8, 4) is 11.1 Å². The first-order valence-corrected chi connectivity index (χ1v) is 11.8. The van der Waals surface area contributed by atoms with E-state index < -0.39 is 35.3 Å². The van der Waals surface area contributed by atoms with Crippen LogP contribution in [0.5, 0.6) is 0 Å². The van der Waals surface area contributed by atoms with Gasteiger partial charge in [-0.15, -0.1) is 0 Å². The van der Waals surface area contributed by atoms with Crippen LogP contribution >= 0.6 is 0 Å². The maximum atomic E-state index is 14.4. The molecular formula is C30H20F4N2O2. The predicted octanol–water partition coefficient (Wildman–Crippen LogP) is 6.29. The molecule has 2 aliphatic heterocycles. The van der Waals surface area contributed by atoms with E-state index in [1.165, 1.54) is 12.1 Å². The smallest absolute Gasteiger partial charge is 0.251 e. The van der Waals surface area contributed by atoms with Gasteiger partial charge < -0.3 is 15.8 Å². The molecule has 4 aromatic rings. The topological polar surface area (TPSA) is 64.3 Å². The second-order valence-electron chi connectivity index (χ2n) is 9.33. The van der Waals surface area contributed by atoms with Gasteiger partial charge in [-0.1, -0.05) is 24.8 Å². The highest BCUT2D eigenvalue weighted by Gasteiger charge is 2.43. The van der Waals surface area contributed by atoms with Crippen molar-refractivity contribution >= 4 is 11.6 Å². The highest BCUT2D eigenvalue weighted by Crippen LogP contribution is 2.54. The standard InChI is InChI=1S/C30H20F4N2O2/c1-14(35)17-10-25(32)24(26(33)11-17)13-36-30(37)16-3-6-21-23(9-16)29-22-8-15(2-5-20(22)28(21)38-29)19-7-4-18(31)12-27(19)34/h2-12,28-29H,1,13,35H2,(H,36,37)/t28-,29+/m0/s1. The molecule has 1 amide bonds. The number of nitrogens with one attached hydrogen (secondary N) is 1. The molecule has 8 heteroatoms. The molecule has 0 fully saturated rings. The van der Waals surface area contributed by atoms with Gasteiger partial charge in [-0.25, -0.2) is 17.6 Å². The molecule has 2 aliphatic rings. The number of rotatable bonds is 5. The van der Waals surface area contributed by atoms with E-state index in [2.05, 4.69) is 11.9 Å². The first kappa shape index (κ1) is 23.9. The monoisotopic (exact) mass is 516 g/mol. The number of benzene rings is 4. The van der Waals surface area contributed by atoms with Crippen molar-refractivity contribution in [2.75, 3.05) is 0 Å². The van der Waals surface area contributed by atoms with Crippen LogP contribution < -0.4 is 11.1 Å². The highest BCUT2D eigenvalue weighted by molar-refractivity contribution is 5.94. The highest BCUT2D eigenvalue weighted by atomic mass is 19.1. The molecule has 190 valence electrons. The number of hydrogen-bond donors (Lipinski definition) is 2. The molecule has 0 aromatic heterocycles. The minimum absolute atomic E-state index is 0.0320. The summed E-state index contributed by atoms with van der Waals surface area (Å²) in [6, 6.07) is 16.2. The van der Waals surface area contributed by atoms with Crippen molar-refractivity contribution in [3.05, 3.63) is 136 Å². The maximum absolute atomic E-state index is 14.4. The normalized spacial score (nSPS) is 16.7. The molecule has 0 radical (unpaired) electrons. The maximum Gasteiger partial charge on any atom is 0.251 e. The van der Waals surface area contributed by atoms with Crippen molar-refractivity contribution in [1.82, 2.24) is 5.32 Å². The molecule has 2 atom stereocenters. The average Bonchev–Trinajstić information content (AvgIpc) is 3.44. The van der Waals surface area contributed by atoms with Crippen LogP contribution in [0, 0.1) is 23.3 Å². The number of nitrogens with two attached hydrogens (primary N) is 1. The summed E-state index contributed by atoms with van der Waals surface area (Å²) in [5, 5.41) is 2.56. The minimum atomic E-state index is -0.837. The third-order valence-corrected chi connectivity index (χ3v) is 7.02. The van der Waals surface area contributed by atoms with E-state index in [-0.39, 0.29) is 35.0 Å². The van der Waals surface area contributed by atoms with Gasteiger partial charge in [0.05, 0.1) is 0 Å². The molecule has 6 rings (SSSR count). The second-order valence-corrected chi connectivity index (χ2v) is 9.33. The van der Waals surface area contributed by atoms with Gasteiger partial charge in [0.2, 0.25) is 0 Å². The molecule has 38 heavy (non-hydrogen) atoms. The van der Waals surface area contributed by atoms with Gasteiger partial charge in [-0.3, -0.25) is 4.79 Å². The quantitative estimate of drug-likeness (QED) is 0.307. The Morgan fingerprint density at radius 2 is 1.45 bits per heavy atom. The minimum Gasteiger partial charge on any atom is -0.399 e. The molecule has 0 saturated heterocycles. The molecule has 2 heterocycles. The van der Waals surface area contributed by atoms with Crippen LogP contribution in [0.1, 0.15) is 55.9 Å². The lowest BCUT2D eigenvalue weighted by Gasteiger charge is -2.18. The Kier molecular flexibility index (Phi) is 5.57. The van der Waals surface area contributed by atoms with Crippen molar-refractivity contribution in [2.45, 2.75) is 18.8 Å². The average molecular weight is 516 g/mol. The first-order chi connectivity index (χ1) is 18.2. The van der Waals surface area contributed by atoms with Gasteiger partial charge in [0.15, 0.2) is 0 Å². The molecule has 0 saturated carbocycles. The van der Waals surface area contributed by atoms with Crippen molar-refractivity contribution in [3.63, 3.8) is 0 Å². The van der Waals surface area contributed by atoms with Gasteiger partial charge in [-0.2, -0.15) is 0 Å². The molecule has 3 N–H and O–H groups in total. The zero-order valence-corrected chi connectivity index (χ0v) is 19.8. The Bertz CT molecular complexity index is 1640. The van der Waals surface area contributed by atoms with Crippen molar-refractivity contribution < 1.29 is 27.1 Å². The Hall–Kier alpha value is -4.43. The van der Waals surface area contributed by atoms with E-state index in [1.807, 2.05) is 12.1 Å². The van der Waals surface area contributed by atoms with Gasteiger partial charge in [0, 0.05) is 40.6 Å². The van der Waals surface area contributed by atoms with Crippen molar-refractivity contribution in [2.24, 2.45) is 5.73 Å². The zero-order chi connectivity index (χ0) is 26.7. The van der Waals surface area contributed by atoms with Gasteiger partial charge in [-0.05, 0) is 70.3 Å². The van der Waals surface area contributed by atoms with E-state index in [0.717, 1.165) is 40.5 Å². The van der Waals surface area contributed by atoms with E-state index in [4.69, 9.17) is 10.5 Å². The Labute approximate surface area is 215 Å².